The quantitative estimate of drug-likeness (QED) is 0.530. The van der Waals surface area contributed by atoms with Gasteiger partial charge in [-0.2, -0.15) is 12.6 Å². The standard InChI is InChI=1S/C22H31N3OS.2ClH/c1-2-3-13-22(23)20(12-7-16-27)25(15-14-24-22)21(26)19-11-6-9-17-8-4-5-10-18(17)19;;/h4-6,8-11,20,24,27H,2-3,7,12-16,23H2,1H3;2*1H/t20?,22-;;/m0../s1. The van der Waals surface area contributed by atoms with E-state index in [4.69, 9.17) is 5.73 Å². The maximum absolute atomic E-state index is 13.6. The Hall–Kier alpha value is -0.980. The molecule has 4 nitrogen and oxygen atoms in total. The Morgan fingerprint density at radius 2 is 1.93 bits per heavy atom. The van der Waals surface area contributed by atoms with Crippen LogP contribution in [0.4, 0.5) is 0 Å². The minimum absolute atomic E-state index is 0. The third-order valence-electron chi connectivity index (χ3n) is 5.64. The van der Waals surface area contributed by atoms with Crippen molar-refractivity contribution in [2.45, 2.75) is 50.7 Å². The molecule has 3 N–H and O–H groups in total. The normalized spacial score (nSPS) is 21.3. The molecule has 0 aromatic heterocycles. The van der Waals surface area contributed by atoms with Gasteiger partial charge in [-0.15, -0.1) is 24.8 Å². The van der Waals surface area contributed by atoms with Gasteiger partial charge in [0.2, 0.25) is 0 Å². The summed E-state index contributed by atoms with van der Waals surface area (Å²) in [6.07, 6.45) is 4.83. The van der Waals surface area contributed by atoms with Crippen molar-refractivity contribution < 1.29 is 4.79 Å². The van der Waals surface area contributed by atoms with Crippen LogP contribution in [0.1, 0.15) is 49.4 Å². The van der Waals surface area contributed by atoms with E-state index in [9.17, 15) is 4.79 Å². The Morgan fingerprint density at radius 1 is 1.21 bits per heavy atom. The van der Waals surface area contributed by atoms with Crippen LogP contribution >= 0.6 is 37.4 Å². The van der Waals surface area contributed by atoms with Gasteiger partial charge in [-0.25, -0.2) is 0 Å². The monoisotopic (exact) mass is 457 g/mol. The van der Waals surface area contributed by atoms with Crippen LogP contribution in [0.25, 0.3) is 10.8 Å². The zero-order valence-electron chi connectivity index (χ0n) is 17.0. The number of nitrogens with zero attached hydrogens (tertiary/aromatic N) is 1. The number of unbranched alkanes of at least 4 members (excludes halogenated alkanes) is 1. The summed E-state index contributed by atoms with van der Waals surface area (Å²) >= 11 is 4.38. The molecular weight excluding hydrogens is 425 g/mol. The second-order valence-electron chi connectivity index (χ2n) is 7.48. The van der Waals surface area contributed by atoms with Crippen molar-refractivity contribution in [3.8, 4) is 0 Å². The lowest BCUT2D eigenvalue weighted by atomic mass is 9.87. The number of benzene rings is 2. The molecule has 3 rings (SSSR count). The second kappa shape index (κ2) is 12.0. The third kappa shape index (κ3) is 5.80. The number of carbonyl (C=O) groups excluding carboxylic acids is 1. The number of thiol groups is 1. The van der Waals surface area contributed by atoms with Crippen LogP contribution in [0.15, 0.2) is 42.5 Å². The first-order valence-corrected chi connectivity index (χ1v) is 10.7. The first-order valence-electron chi connectivity index (χ1n) is 10.0. The van der Waals surface area contributed by atoms with Gasteiger partial charge < -0.3 is 10.6 Å². The van der Waals surface area contributed by atoms with Crippen molar-refractivity contribution in [3.05, 3.63) is 48.0 Å². The smallest absolute Gasteiger partial charge is 0.254 e. The Bertz CT molecular complexity index is 786. The Morgan fingerprint density at radius 3 is 2.66 bits per heavy atom. The van der Waals surface area contributed by atoms with Crippen LogP contribution in [-0.4, -0.2) is 41.4 Å². The molecule has 0 spiro atoms. The molecule has 0 bridgehead atoms. The SMILES string of the molecule is CCCC[C@]1(N)NCCN(C(=O)c2cccc3ccccc23)C1CCCS.Cl.Cl. The molecule has 0 saturated carbocycles. The van der Waals surface area contributed by atoms with Gasteiger partial charge in [-0.05, 0) is 41.9 Å². The lowest BCUT2D eigenvalue weighted by Crippen LogP contribution is -2.72. The van der Waals surface area contributed by atoms with E-state index in [-0.39, 0.29) is 36.8 Å². The Labute approximate surface area is 192 Å². The summed E-state index contributed by atoms with van der Waals surface area (Å²) in [5, 5.41) is 5.62. The maximum atomic E-state index is 13.6. The lowest BCUT2D eigenvalue weighted by Gasteiger charge is -2.49. The van der Waals surface area contributed by atoms with E-state index in [0.717, 1.165) is 60.7 Å². The number of nitrogens with one attached hydrogen (secondary N) is 1. The van der Waals surface area contributed by atoms with Crippen LogP contribution in [0, 0.1) is 0 Å². The molecule has 2 aromatic carbocycles. The summed E-state index contributed by atoms with van der Waals surface area (Å²) < 4.78 is 0. The molecule has 0 radical (unpaired) electrons. The van der Waals surface area contributed by atoms with Crippen molar-refractivity contribution in [1.82, 2.24) is 10.2 Å². The third-order valence-corrected chi connectivity index (χ3v) is 5.95. The average molecular weight is 458 g/mol. The number of rotatable bonds is 7. The number of hydrogen-bond acceptors (Lipinski definition) is 4. The van der Waals surface area contributed by atoms with Crippen molar-refractivity contribution in [2.24, 2.45) is 5.73 Å². The second-order valence-corrected chi connectivity index (χ2v) is 7.92. The van der Waals surface area contributed by atoms with Gasteiger partial charge >= 0.3 is 0 Å². The molecule has 1 aliphatic heterocycles. The van der Waals surface area contributed by atoms with Crippen LogP contribution in [0.2, 0.25) is 0 Å². The van der Waals surface area contributed by atoms with Gasteiger partial charge in [0.05, 0.1) is 11.7 Å². The van der Waals surface area contributed by atoms with Crippen LogP contribution < -0.4 is 11.1 Å². The number of nitrogens with two attached hydrogens (primary N) is 1. The molecule has 0 aliphatic carbocycles. The van der Waals surface area contributed by atoms with Gasteiger partial charge in [0, 0.05) is 18.7 Å². The molecule has 1 unspecified atom stereocenters. The zero-order chi connectivity index (χ0) is 19.3. The molecule has 1 aliphatic rings. The van der Waals surface area contributed by atoms with Crippen LogP contribution in [0.3, 0.4) is 0 Å². The van der Waals surface area contributed by atoms with Gasteiger partial charge in [-0.1, -0.05) is 56.2 Å². The predicted molar refractivity (Wildman–Crippen MR) is 131 cm³/mol. The lowest BCUT2D eigenvalue weighted by molar-refractivity contribution is 0.0317. The Kier molecular flexibility index (Phi) is 10.8. The predicted octanol–water partition coefficient (Wildman–Crippen LogP) is 4.65. The topological polar surface area (TPSA) is 58.4 Å². The summed E-state index contributed by atoms with van der Waals surface area (Å²) in [5.41, 5.74) is 7.06. The summed E-state index contributed by atoms with van der Waals surface area (Å²) in [5.74, 6) is 0.889. The van der Waals surface area contributed by atoms with Gasteiger partial charge in [-0.3, -0.25) is 10.1 Å². The molecule has 2 atom stereocenters. The van der Waals surface area contributed by atoms with Gasteiger partial charge in [0.1, 0.15) is 0 Å². The van der Waals surface area contributed by atoms with Crippen LogP contribution in [0.5, 0.6) is 0 Å². The van der Waals surface area contributed by atoms with Gasteiger partial charge in [0.25, 0.3) is 5.91 Å². The molecule has 1 fully saturated rings. The summed E-state index contributed by atoms with van der Waals surface area (Å²) in [6.45, 7) is 3.59. The van der Waals surface area contributed by atoms with Crippen LogP contribution in [-0.2, 0) is 0 Å². The van der Waals surface area contributed by atoms with Crippen molar-refractivity contribution in [1.29, 1.82) is 0 Å². The van der Waals surface area contributed by atoms with E-state index in [1.54, 1.807) is 0 Å². The minimum atomic E-state index is -0.530. The minimum Gasteiger partial charge on any atom is -0.331 e. The molecule has 162 valence electrons. The highest BCUT2D eigenvalue weighted by atomic mass is 35.5. The average Bonchev–Trinajstić information content (AvgIpc) is 2.70. The molecular formula is C22H33Cl2N3OS. The molecule has 1 heterocycles. The maximum Gasteiger partial charge on any atom is 0.254 e. The van der Waals surface area contributed by atoms with Crippen molar-refractivity contribution >= 4 is 54.1 Å². The van der Waals surface area contributed by atoms with E-state index < -0.39 is 5.66 Å². The first kappa shape index (κ1) is 26.1. The fourth-order valence-corrected chi connectivity index (χ4v) is 4.38. The number of amides is 1. The highest BCUT2D eigenvalue weighted by Gasteiger charge is 2.42. The highest BCUT2D eigenvalue weighted by molar-refractivity contribution is 7.80. The molecule has 1 amide bonds. The fraction of sp³-hybridized carbons (Fsp3) is 0.500. The first-order chi connectivity index (χ1) is 13.1. The number of fused-ring (bicyclic) bond motifs is 1. The molecule has 7 heteroatoms. The summed E-state index contributed by atoms with van der Waals surface area (Å²) in [4.78, 5) is 15.6. The van der Waals surface area contributed by atoms with Gasteiger partial charge in [0.15, 0.2) is 0 Å². The van der Waals surface area contributed by atoms with Crippen molar-refractivity contribution in [3.63, 3.8) is 0 Å². The molecule has 2 aromatic rings. The molecule has 1 saturated heterocycles. The number of piperazine rings is 1. The number of hydrogen-bond donors (Lipinski definition) is 3. The zero-order valence-corrected chi connectivity index (χ0v) is 19.5. The molecule has 29 heavy (non-hydrogen) atoms. The van der Waals surface area contributed by atoms with E-state index in [1.807, 2.05) is 35.2 Å². The Balaban J connectivity index is 0.00000210. The largest absolute Gasteiger partial charge is 0.331 e. The van der Waals surface area contributed by atoms with E-state index in [0.29, 0.717) is 6.54 Å². The van der Waals surface area contributed by atoms with E-state index >= 15 is 0 Å². The number of halogens is 2. The number of carbonyl (C=O) groups is 1. The fourth-order valence-electron chi connectivity index (χ4n) is 4.19. The summed E-state index contributed by atoms with van der Waals surface area (Å²) in [7, 11) is 0. The van der Waals surface area contributed by atoms with E-state index in [1.165, 1.54) is 0 Å². The van der Waals surface area contributed by atoms with Crippen molar-refractivity contribution in [2.75, 3.05) is 18.8 Å². The summed E-state index contributed by atoms with van der Waals surface area (Å²) in [6, 6.07) is 14.0. The van der Waals surface area contributed by atoms with E-state index in [2.05, 4.69) is 37.0 Å². The highest BCUT2D eigenvalue weighted by Crippen LogP contribution is 2.28.